The Hall–Kier alpha value is -3.14. The Kier molecular flexibility index (Phi) is 9.53. The lowest BCUT2D eigenvalue weighted by molar-refractivity contribution is -0.139. The van der Waals surface area contributed by atoms with Crippen LogP contribution in [0.15, 0.2) is 77.7 Å². The fourth-order valence-electron chi connectivity index (χ4n) is 3.60. The number of carbonyl (C=O) groups is 2. The van der Waals surface area contributed by atoms with Crippen molar-refractivity contribution in [3.63, 3.8) is 0 Å². The summed E-state index contributed by atoms with van der Waals surface area (Å²) in [4.78, 5) is 27.6. The summed E-state index contributed by atoms with van der Waals surface area (Å²) < 4.78 is 41.7. The second kappa shape index (κ2) is 12.4. The Balaban J connectivity index is 2.05. The molecule has 0 saturated heterocycles. The van der Waals surface area contributed by atoms with Crippen LogP contribution in [0, 0.1) is 5.82 Å². The van der Waals surface area contributed by atoms with Crippen molar-refractivity contribution in [1.82, 2.24) is 10.2 Å². The predicted octanol–water partition coefficient (Wildman–Crippen LogP) is 4.88. The number of amides is 2. The van der Waals surface area contributed by atoms with E-state index in [-0.39, 0.29) is 27.2 Å². The zero-order valence-electron chi connectivity index (χ0n) is 20.2. The van der Waals surface area contributed by atoms with Gasteiger partial charge >= 0.3 is 0 Å². The summed E-state index contributed by atoms with van der Waals surface area (Å²) >= 11 is 12.5. The average Bonchev–Trinajstić information content (AvgIpc) is 2.88. The van der Waals surface area contributed by atoms with Gasteiger partial charge in [0.15, 0.2) is 0 Å². The van der Waals surface area contributed by atoms with Gasteiger partial charge in [-0.1, -0.05) is 53.5 Å². The molecule has 0 aliphatic heterocycles. The molecule has 11 heteroatoms. The van der Waals surface area contributed by atoms with Crippen LogP contribution in [0.1, 0.15) is 19.4 Å². The third-order valence-electron chi connectivity index (χ3n) is 5.57. The summed E-state index contributed by atoms with van der Waals surface area (Å²) in [6.07, 6.45) is 0. The molecule has 0 bridgehead atoms. The second-order valence-electron chi connectivity index (χ2n) is 8.14. The lowest BCUT2D eigenvalue weighted by atomic mass is 10.1. The minimum Gasteiger partial charge on any atom is -0.355 e. The molecule has 0 unspecified atom stereocenters. The third-order valence-corrected chi connectivity index (χ3v) is 7.90. The molecule has 0 aliphatic carbocycles. The third kappa shape index (κ3) is 7.00. The molecule has 2 amide bonds. The highest BCUT2D eigenvalue weighted by atomic mass is 35.5. The number of anilines is 1. The van der Waals surface area contributed by atoms with Gasteiger partial charge in [0.1, 0.15) is 18.4 Å². The largest absolute Gasteiger partial charge is 0.355 e. The van der Waals surface area contributed by atoms with E-state index in [1.54, 1.807) is 25.1 Å². The number of benzene rings is 3. The molecule has 0 spiro atoms. The van der Waals surface area contributed by atoms with Crippen molar-refractivity contribution in [2.24, 2.45) is 0 Å². The van der Waals surface area contributed by atoms with Gasteiger partial charge in [-0.2, -0.15) is 0 Å². The zero-order valence-corrected chi connectivity index (χ0v) is 22.5. The first-order chi connectivity index (χ1) is 17.5. The van der Waals surface area contributed by atoms with Crippen LogP contribution in [-0.4, -0.2) is 44.3 Å². The number of halogens is 3. The van der Waals surface area contributed by atoms with Gasteiger partial charge in [-0.15, -0.1) is 0 Å². The Morgan fingerprint density at radius 3 is 2.27 bits per heavy atom. The number of rotatable bonds is 10. The first-order valence-corrected chi connectivity index (χ1v) is 13.6. The van der Waals surface area contributed by atoms with Crippen LogP contribution < -0.4 is 9.62 Å². The van der Waals surface area contributed by atoms with Gasteiger partial charge in [0.25, 0.3) is 10.0 Å². The van der Waals surface area contributed by atoms with E-state index in [2.05, 4.69) is 5.32 Å². The molecule has 37 heavy (non-hydrogen) atoms. The second-order valence-corrected chi connectivity index (χ2v) is 10.8. The molecule has 1 atom stereocenters. The summed E-state index contributed by atoms with van der Waals surface area (Å²) in [6.45, 7) is 2.90. The van der Waals surface area contributed by atoms with Crippen molar-refractivity contribution in [1.29, 1.82) is 0 Å². The molecule has 1 N–H and O–H groups in total. The molecular weight excluding hydrogens is 540 g/mol. The topological polar surface area (TPSA) is 86.8 Å². The summed E-state index contributed by atoms with van der Waals surface area (Å²) in [5.41, 5.74) is 0.572. The van der Waals surface area contributed by atoms with E-state index >= 15 is 0 Å². The van der Waals surface area contributed by atoms with Crippen LogP contribution in [0.25, 0.3) is 0 Å². The van der Waals surface area contributed by atoms with E-state index in [4.69, 9.17) is 23.2 Å². The van der Waals surface area contributed by atoms with Crippen molar-refractivity contribution in [2.75, 3.05) is 17.4 Å². The molecule has 3 aromatic carbocycles. The lowest BCUT2D eigenvalue weighted by Crippen LogP contribution is -2.51. The average molecular weight is 566 g/mol. The minimum atomic E-state index is -4.26. The van der Waals surface area contributed by atoms with Crippen LogP contribution in [0.4, 0.5) is 10.1 Å². The van der Waals surface area contributed by atoms with Gasteiger partial charge in [0, 0.05) is 18.1 Å². The number of sulfonamides is 1. The summed E-state index contributed by atoms with van der Waals surface area (Å²) in [5, 5.41) is 2.96. The number of hydrogen-bond donors (Lipinski definition) is 1. The number of likely N-dealkylation sites (N-methyl/N-ethyl adjacent to an activating group) is 1. The number of hydrogen-bond acceptors (Lipinski definition) is 4. The highest BCUT2D eigenvalue weighted by Crippen LogP contribution is 2.33. The fourth-order valence-corrected chi connectivity index (χ4v) is 5.48. The number of carbonyl (C=O) groups excluding carboxylic acids is 2. The summed E-state index contributed by atoms with van der Waals surface area (Å²) in [5.74, 6) is -1.54. The molecule has 0 aromatic heterocycles. The van der Waals surface area contributed by atoms with Crippen molar-refractivity contribution >= 4 is 50.7 Å². The predicted molar refractivity (Wildman–Crippen MR) is 143 cm³/mol. The number of nitrogens with one attached hydrogen (secondary N) is 1. The van der Waals surface area contributed by atoms with Crippen molar-refractivity contribution in [2.45, 2.75) is 31.3 Å². The van der Waals surface area contributed by atoms with Crippen molar-refractivity contribution < 1.29 is 22.4 Å². The lowest BCUT2D eigenvalue weighted by Gasteiger charge is -2.32. The number of nitrogens with zero attached hydrogens (tertiary/aromatic N) is 2. The molecule has 0 fully saturated rings. The van der Waals surface area contributed by atoms with Gasteiger partial charge in [-0.05, 0) is 61.9 Å². The normalized spacial score (nSPS) is 12.0. The molecule has 7 nitrogen and oxygen atoms in total. The minimum absolute atomic E-state index is 0.0127. The summed E-state index contributed by atoms with van der Waals surface area (Å²) in [6, 6.07) is 16.4. The Labute approximate surface area is 225 Å². The quantitative estimate of drug-likeness (QED) is 0.379. The first-order valence-electron chi connectivity index (χ1n) is 11.4. The van der Waals surface area contributed by atoms with E-state index in [0.29, 0.717) is 12.1 Å². The van der Waals surface area contributed by atoms with Gasteiger partial charge < -0.3 is 10.2 Å². The van der Waals surface area contributed by atoms with E-state index in [9.17, 15) is 22.4 Å². The van der Waals surface area contributed by atoms with Gasteiger partial charge in [-0.25, -0.2) is 12.8 Å². The molecule has 3 aromatic rings. The first kappa shape index (κ1) is 28.4. The van der Waals surface area contributed by atoms with Crippen molar-refractivity contribution in [3.05, 3.63) is 94.2 Å². The molecule has 3 rings (SSSR count). The van der Waals surface area contributed by atoms with Gasteiger partial charge in [0.05, 0.1) is 15.6 Å². The smallest absolute Gasteiger partial charge is 0.264 e. The van der Waals surface area contributed by atoms with Crippen LogP contribution in [0.5, 0.6) is 0 Å². The van der Waals surface area contributed by atoms with Gasteiger partial charge in [-0.3, -0.25) is 13.9 Å². The Morgan fingerprint density at radius 2 is 1.65 bits per heavy atom. The van der Waals surface area contributed by atoms with E-state index in [1.165, 1.54) is 66.4 Å². The standard InChI is InChI=1S/C26H26Cl2FN3O4S/c1-3-30-26(34)18(2)31(16-19-9-12-21(29)13-10-19)25(33)17-32(24-15-20(27)11-14-23(24)28)37(35,36)22-7-5-4-6-8-22/h4-15,18H,3,16-17H2,1-2H3,(H,30,34)/t18-/m1/s1. The molecule has 0 radical (unpaired) electrons. The molecule has 0 aliphatic rings. The highest BCUT2D eigenvalue weighted by molar-refractivity contribution is 7.92. The maximum Gasteiger partial charge on any atom is 0.264 e. The zero-order chi connectivity index (χ0) is 27.2. The summed E-state index contributed by atoms with van der Waals surface area (Å²) in [7, 11) is -4.26. The van der Waals surface area contributed by atoms with Crippen LogP contribution in [0.3, 0.4) is 0 Å². The SMILES string of the molecule is CCNC(=O)[C@@H](C)N(Cc1ccc(F)cc1)C(=O)CN(c1cc(Cl)ccc1Cl)S(=O)(=O)c1ccccc1. The Bertz CT molecular complexity index is 1360. The Morgan fingerprint density at radius 1 is 1.00 bits per heavy atom. The molecule has 0 saturated carbocycles. The van der Waals surface area contributed by atoms with Crippen LogP contribution in [0.2, 0.25) is 10.0 Å². The van der Waals surface area contributed by atoms with E-state index in [0.717, 1.165) is 4.31 Å². The van der Waals surface area contributed by atoms with Crippen LogP contribution >= 0.6 is 23.2 Å². The van der Waals surface area contributed by atoms with E-state index < -0.39 is 40.2 Å². The highest BCUT2D eigenvalue weighted by Gasteiger charge is 2.33. The van der Waals surface area contributed by atoms with E-state index in [1.807, 2.05) is 0 Å². The monoisotopic (exact) mass is 565 g/mol. The maximum absolute atomic E-state index is 13.7. The van der Waals surface area contributed by atoms with Gasteiger partial charge in [0.2, 0.25) is 11.8 Å². The maximum atomic E-state index is 13.7. The molecule has 0 heterocycles. The molecular formula is C26H26Cl2FN3O4S. The fraction of sp³-hybridized carbons (Fsp3) is 0.231. The van der Waals surface area contributed by atoms with Crippen LogP contribution in [-0.2, 0) is 26.2 Å². The van der Waals surface area contributed by atoms with Crippen molar-refractivity contribution in [3.8, 4) is 0 Å². The molecule has 196 valence electrons.